The van der Waals surface area contributed by atoms with Gasteiger partial charge in [0, 0.05) is 33.3 Å². The van der Waals surface area contributed by atoms with Gasteiger partial charge in [0.05, 0.1) is 22.4 Å². The minimum Gasteiger partial charge on any atom is -0.310 e. The minimum absolute atomic E-state index is 1.09. The highest BCUT2D eigenvalue weighted by molar-refractivity contribution is 6.10. The monoisotopic (exact) mass is 764 g/mol. The Labute approximate surface area is 350 Å². The van der Waals surface area contributed by atoms with Crippen molar-refractivity contribution in [1.29, 1.82) is 0 Å². The fourth-order valence-electron chi connectivity index (χ4n) is 9.05. The van der Waals surface area contributed by atoms with Crippen LogP contribution in [0.2, 0.25) is 0 Å². The summed E-state index contributed by atoms with van der Waals surface area (Å²) in [6.07, 6.45) is 0. The van der Waals surface area contributed by atoms with E-state index in [0.717, 1.165) is 28.3 Å². The summed E-state index contributed by atoms with van der Waals surface area (Å²) in [5.74, 6) is 0. The normalized spacial score (nSPS) is 11.3. The third kappa shape index (κ3) is 6.14. The standard InChI is InChI=1S/C58H40N2/c1-3-17-41(18-4-1)47-39-40-48(52-24-8-7-23-51(47)52)43-31-35-45(36-32-43)59(55-27-13-9-21-49(55)42-19-5-2-6-20-42)46-37-33-44(34-38-46)50-22-10-14-28-56(50)60-57-29-15-11-25-53(57)54-26-12-16-30-58(54)60/h1-40H. The van der Waals surface area contributed by atoms with Gasteiger partial charge in [0.15, 0.2) is 0 Å². The fraction of sp³-hybridized carbons (Fsp3) is 0. The van der Waals surface area contributed by atoms with Gasteiger partial charge in [0.2, 0.25) is 0 Å². The zero-order chi connectivity index (χ0) is 39.8. The Morgan fingerprint density at radius 2 is 0.633 bits per heavy atom. The lowest BCUT2D eigenvalue weighted by atomic mass is 9.92. The van der Waals surface area contributed by atoms with Gasteiger partial charge >= 0.3 is 0 Å². The molecule has 0 spiro atoms. The molecule has 0 atom stereocenters. The number of hydrogen-bond donors (Lipinski definition) is 0. The number of nitrogens with zero attached hydrogens (tertiary/aromatic N) is 2. The summed E-state index contributed by atoms with van der Waals surface area (Å²) < 4.78 is 2.41. The Bertz CT molecular complexity index is 3240. The maximum Gasteiger partial charge on any atom is 0.0541 e. The molecule has 0 fully saturated rings. The van der Waals surface area contributed by atoms with Gasteiger partial charge in [-0.25, -0.2) is 0 Å². The van der Waals surface area contributed by atoms with Crippen LogP contribution in [0.15, 0.2) is 243 Å². The highest BCUT2D eigenvalue weighted by Crippen LogP contribution is 2.43. The van der Waals surface area contributed by atoms with E-state index in [2.05, 4.69) is 252 Å². The molecule has 0 unspecified atom stereocenters. The molecule has 0 aliphatic carbocycles. The average Bonchev–Trinajstić information content (AvgIpc) is 3.67. The van der Waals surface area contributed by atoms with Crippen LogP contribution in [0.3, 0.4) is 0 Å². The quantitative estimate of drug-likeness (QED) is 0.150. The van der Waals surface area contributed by atoms with E-state index in [1.165, 1.54) is 71.5 Å². The van der Waals surface area contributed by atoms with Crippen LogP contribution in [0.4, 0.5) is 17.1 Å². The maximum atomic E-state index is 2.41. The van der Waals surface area contributed by atoms with E-state index >= 15 is 0 Å². The van der Waals surface area contributed by atoms with Gasteiger partial charge in [-0.2, -0.15) is 0 Å². The van der Waals surface area contributed by atoms with Crippen molar-refractivity contribution >= 4 is 49.6 Å². The molecule has 0 bridgehead atoms. The third-order valence-corrected chi connectivity index (χ3v) is 11.8. The molecule has 1 aromatic heterocycles. The number of anilines is 3. The number of para-hydroxylation sites is 4. The van der Waals surface area contributed by atoms with Crippen molar-refractivity contribution in [2.75, 3.05) is 4.90 Å². The number of hydrogen-bond acceptors (Lipinski definition) is 1. The van der Waals surface area contributed by atoms with E-state index in [9.17, 15) is 0 Å². The molecule has 2 nitrogen and oxygen atoms in total. The summed E-state index contributed by atoms with van der Waals surface area (Å²) >= 11 is 0. The second-order valence-electron chi connectivity index (χ2n) is 15.3. The van der Waals surface area contributed by atoms with Gasteiger partial charge < -0.3 is 9.47 Å². The van der Waals surface area contributed by atoms with Gasteiger partial charge in [-0.1, -0.05) is 194 Å². The first-order chi connectivity index (χ1) is 29.8. The Hall–Kier alpha value is -7.94. The van der Waals surface area contributed by atoms with Crippen molar-refractivity contribution in [1.82, 2.24) is 4.57 Å². The minimum atomic E-state index is 1.09. The molecule has 0 aliphatic rings. The number of fused-ring (bicyclic) bond motifs is 4. The topological polar surface area (TPSA) is 8.17 Å². The molecule has 0 aliphatic heterocycles. The molecule has 11 rings (SSSR count). The van der Waals surface area contributed by atoms with Crippen molar-refractivity contribution < 1.29 is 0 Å². The Morgan fingerprint density at radius 1 is 0.250 bits per heavy atom. The Morgan fingerprint density at radius 3 is 1.18 bits per heavy atom. The van der Waals surface area contributed by atoms with Gasteiger partial charge in [-0.3, -0.25) is 0 Å². The lowest BCUT2D eigenvalue weighted by molar-refractivity contribution is 1.18. The van der Waals surface area contributed by atoms with Crippen LogP contribution in [-0.2, 0) is 0 Å². The van der Waals surface area contributed by atoms with E-state index in [0.29, 0.717) is 0 Å². The largest absolute Gasteiger partial charge is 0.310 e. The molecule has 0 saturated heterocycles. The first-order valence-corrected chi connectivity index (χ1v) is 20.6. The molecule has 282 valence electrons. The Balaban J connectivity index is 1.02. The molecular formula is C58H40N2. The second kappa shape index (κ2) is 15.1. The zero-order valence-corrected chi connectivity index (χ0v) is 33.0. The molecule has 0 radical (unpaired) electrons. The summed E-state index contributed by atoms with van der Waals surface area (Å²) in [5.41, 5.74) is 16.4. The molecule has 0 N–H and O–H groups in total. The predicted octanol–water partition coefficient (Wildman–Crippen LogP) is 16.1. The summed E-state index contributed by atoms with van der Waals surface area (Å²) in [6.45, 7) is 0. The van der Waals surface area contributed by atoms with Crippen LogP contribution in [0.1, 0.15) is 0 Å². The first kappa shape index (κ1) is 35.2. The summed E-state index contributed by atoms with van der Waals surface area (Å²) in [4.78, 5) is 2.39. The lowest BCUT2D eigenvalue weighted by Crippen LogP contribution is -2.11. The lowest BCUT2D eigenvalue weighted by Gasteiger charge is -2.28. The van der Waals surface area contributed by atoms with E-state index in [1.807, 2.05) is 0 Å². The van der Waals surface area contributed by atoms with Crippen LogP contribution in [0, 0.1) is 0 Å². The van der Waals surface area contributed by atoms with Crippen LogP contribution in [-0.4, -0.2) is 4.57 Å². The van der Waals surface area contributed by atoms with Crippen LogP contribution >= 0.6 is 0 Å². The molecule has 10 aromatic carbocycles. The second-order valence-corrected chi connectivity index (χ2v) is 15.3. The van der Waals surface area contributed by atoms with Gasteiger partial charge in [-0.15, -0.1) is 0 Å². The van der Waals surface area contributed by atoms with Gasteiger partial charge in [0.1, 0.15) is 0 Å². The summed E-state index contributed by atoms with van der Waals surface area (Å²) in [5, 5.41) is 5.02. The van der Waals surface area contributed by atoms with Crippen molar-refractivity contribution in [2.45, 2.75) is 0 Å². The smallest absolute Gasteiger partial charge is 0.0541 e. The maximum absolute atomic E-state index is 2.41. The molecule has 0 amide bonds. The van der Waals surface area contributed by atoms with Gasteiger partial charge in [-0.05, 0) is 92.7 Å². The SMILES string of the molecule is c1ccc(-c2ccccc2N(c2ccc(-c3ccccc3-n3c4ccccc4c4ccccc43)cc2)c2ccc(-c3ccc(-c4ccccc4)c4ccccc34)cc2)cc1. The predicted molar refractivity (Wildman–Crippen MR) is 255 cm³/mol. The number of aromatic nitrogens is 1. The molecule has 60 heavy (non-hydrogen) atoms. The van der Waals surface area contributed by atoms with Crippen molar-refractivity contribution in [3.63, 3.8) is 0 Å². The van der Waals surface area contributed by atoms with Crippen LogP contribution < -0.4 is 4.90 Å². The van der Waals surface area contributed by atoms with Gasteiger partial charge in [0.25, 0.3) is 0 Å². The van der Waals surface area contributed by atoms with Crippen molar-refractivity contribution in [3.8, 4) is 50.2 Å². The molecule has 0 saturated carbocycles. The van der Waals surface area contributed by atoms with Crippen LogP contribution in [0.5, 0.6) is 0 Å². The van der Waals surface area contributed by atoms with Crippen LogP contribution in [0.25, 0.3) is 82.8 Å². The molecule has 11 aromatic rings. The van der Waals surface area contributed by atoms with Crippen molar-refractivity contribution in [3.05, 3.63) is 243 Å². The average molecular weight is 765 g/mol. The number of rotatable bonds is 8. The highest BCUT2D eigenvalue weighted by atomic mass is 15.1. The number of benzene rings is 10. The van der Waals surface area contributed by atoms with E-state index < -0.39 is 0 Å². The summed E-state index contributed by atoms with van der Waals surface area (Å²) in [7, 11) is 0. The first-order valence-electron chi connectivity index (χ1n) is 20.6. The Kier molecular flexibility index (Phi) is 8.87. The van der Waals surface area contributed by atoms with E-state index in [1.54, 1.807) is 0 Å². The molecule has 2 heteroatoms. The highest BCUT2D eigenvalue weighted by Gasteiger charge is 2.20. The van der Waals surface area contributed by atoms with E-state index in [-0.39, 0.29) is 0 Å². The van der Waals surface area contributed by atoms with E-state index in [4.69, 9.17) is 0 Å². The molecule has 1 heterocycles. The molecular weight excluding hydrogens is 725 g/mol. The fourth-order valence-corrected chi connectivity index (χ4v) is 9.05. The third-order valence-electron chi connectivity index (χ3n) is 11.8. The summed E-state index contributed by atoms with van der Waals surface area (Å²) in [6, 6.07) is 87.7. The zero-order valence-electron chi connectivity index (χ0n) is 33.0. The van der Waals surface area contributed by atoms with Crippen molar-refractivity contribution in [2.24, 2.45) is 0 Å².